The third-order valence-corrected chi connectivity index (χ3v) is 3.96. The second-order valence-corrected chi connectivity index (χ2v) is 5.79. The van der Waals surface area contributed by atoms with Crippen molar-refractivity contribution >= 4 is 17.6 Å². The Balaban J connectivity index is 2.14. The monoisotopic (exact) mass is 341 g/mol. The van der Waals surface area contributed by atoms with Crippen LogP contribution in [0, 0.1) is 13.8 Å². The first-order valence-electron chi connectivity index (χ1n) is 8.18. The molecule has 0 spiro atoms. The second kappa shape index (κ2) is 8.33. The number of nitrogens with one attached hydrogen (secondary N) is 1. The number of aryl methyl sites for hydroxylation is 1. The van der Waals surface area contributed by atoms with Gasteiger partial charge >= 0.3 is 5.97 Å². The number of methoxy groups -OCH3 is 1. The van der Waals surface area contributed by atoms with Crippen molar-refractivity contribution < 1.29 is 19.1 Å². The first-order chi connectivity index (χ1) is 12.0. The number of carbonyl (C=O) groups excluding carboxylic acids is 2. The van der Waals surface area contributed by atoms with Gasteiger partial charge in [0, 0.05) is 5.69 Å². The van der Waals surface area contributed by atoms with Crippen molar-refractivity contribution in [2.45, 2.75) is 33.3 Å². The molecule has 0 aromatic heterocycles. The maximum absolute atomic E-state index is 12.6. The van der Waals surface area contributed by atoms with Crippen LogP contribution in [0.15, 0.2) is 42.5 Å². The smallest absolute Gasteiger partial charge is 0.338 e. The second-order valence-electron chi connectivity index (χ2n) is 5.79. The van der Waals surface area contributed by atoms with E-state index in [0.29, 0.717) is 29.0 Å². The molecular weight excluding hydrogens is 318 g/mol. The molecule has 0 saturated carbocycles. The molecule has 2 aromatic carbocycles. The predicted octanol–water partition coefficient (Wildman–Crippen LogP) is 3.89. The average Bonchev–Trinajstić information content (AvgIpc) is 2.62. The topological polar surface area (TPSA) is 64.6 Å². The molecule has 2 aromatic rings. The molecule has 1 atom stereocenters. The summed E-state index contributed by atoms with van der Waals surface area (Å²) in [7, 11) is 1.33. The van der Waals surface area contributed by atoms with E-state index in [4.69, 9.17) is 9.47 Å². The van der Waals surface area contributed by atoms with Crippen LogP contribution in [0.2, 0.25) is 0 Å². The lowest BCUT2D eigenvalue weighted by atomic mass is 10.1. The lowest BCUT2D eigenvalue weighted by molar-refractivity contribution is -0.122. The SMILES string of the molecule is CC[C@@H](Oc1ccc(C)cc1)C(=O)Nc1cccc(C(=O)OC)c1C. The number of rotatable bonds is 6. The number of carbonyl (C=O) groups is 2. The normalized spacial score (nSPS) is 11.5. The van der Waals surface area contributed by atoms with Gasteiger partial charge in [0.05, 0.1) is 12.7 Å². The van der Waals surface area contributed by atoms with E-state index in [-0.39, 0.29) is 5.91 Å². The quantitative estimate of drug-likeness (QED) is 0.810. The molecular formula is C20H23NO4. The number of benzene rings is 2. The van der Waals surface area contributed by atoms with Gasteiger partial charge in [-0.15, -0.1) is 0 Å². The number of amides is 1. The molecule has 0 aliphatic carbocycles. The minimum atomic E-state index is -0.621. The van der Waals surface area contributed by atoms with Gasteiger partial charge in [0.2, 0.25) is 0 Å². The summed E-state index contributed by atoms with van der Waals surface area (Å²) in [4.78, 5) is 24.3. The first-order valence-corrected chi connectivity index (χ1v) is 8.18. The third-order valence-electron chi connectivity index (χ3n) is 3.96. The van der Waals surface area contributed by atoms with Crippen LogP contribution in [0.25, 0.3) is 0 Å². The maximum atomic E-state index is 12.6. The highest BCUT2D eigenvalue weighted by atomic mass is 16.5. The van der Waals surface area contributed by atoms with Gasteiger partial charge in [0.1, 0.15) is 5.75 Å². The molecule has 1 N–H and O–H groups in total. The van der Waals surface area contributed by atoms with Crippen LogP contribution in [0.4, 0.5) is 5.69 Å². The molecule has 5 heteroatoms. The molecule has 1 amide bonds. The maximum Gasteiger partial charge on any atom is 0.338 e. The minimum absolute atomic E-state index is 0.256. The Morgan fingerprint density at radius 2 is 1.76 bits per heavy atom. The van der Waals surface area contributed by atoms with Crippen LogP contribution in [-0.2, 0) is 9.53 Å². The van der Waals surface area contributed by atoms with Crippen molar-refractivity contribution in [1.29, 1.82) is 0 Å². The van der Waals surface area contributed by atoms with Gasteiger partial charge in [-0.2, -0.15) is 0 Å². The molecule has 0 aliphatic rings. The zero-order valence-corrected chi connectivity index (χ0v) is 15.0. The summed E-state index contributed by atoms with van der Waals surface area (Å²) in [5.74, 6) is -0.0441. The van der Waals surface area contributed by atoms with Gasteiger partial charge in [0.25, 0.3) is 5.91 Å². The Hall–Kier alpha value is -2.82. The summed E-state index contributed by atoms with van der Waals surface area (Å²) < 4.78 is 10.5. The van der Waals surface area contributed by atoms with Crippen LogP contribution in [0.5, 0.6) is 5.75 Å². The lowest BCUT2D eigenvalue weighted by Crippen LogP contribution is -2.32. The van der Waals surface area contributed by atoms with E-state index in [1.165, 1.54) is 7.11 Å². The average molecular weight is 341 g/mol. The predicted molar refractivity (Wildman–Crippen MR) is 97.0 cm³/mol. The summed E-state index contributed by atoms with van der Waals surface area (Å²) in [5, 5.41) is 2.84. The lowest BCUT2D eigenvalue weighted by Gasteiger charge is -2.18. The number of hydrogen-bond donors (Lipinski definition) is 1. The van der Waals surface area contributed by atoms with E-state index < -0.39 is 12.1 Å². The molecule has 0 saturated heterocycles. The molecule has 25 heavy (non-hydrogen) atoms. The highest BCUT2D eigenvalue weighted by molar-refractivity contribution is 5.98. The number of esters is 1. The van der Waals surface area contributed by atoms with E-state index in [1.54, 1.807) is 25.1 Å². The van der Waals surface area contributed by atoms with Gasteiger partial charge in [-0.3, -0.25) is 4.79 Å². The fraction of sp³-hybridized carbons (Fsp3) is 0.300. The largest absolute Gasteiger partial charge is 0.481 e. The summed E-state index contributed by atoms with van der Waals surface area (Å²) in [6.07, 6.45) is -0.0981. The van der Waals surface area contributed by atoms with Gasteiger partial charge in [-0.05, 0) is 50.1 Å². The summed E-state index contributed by atoms with van der Waals surface area (Å²) in [6, 6.07) is 12.7. The van der Waals surface area contributed by atoms with Gasteiger partial charge in [-0.25, -0.2) is 4.79 Å². The van der Waals surface area contributed by atoms with Crippen LogP contribution >= 0.6 is 0 Å². The Kier molecular flexibility index (Phi) is 6.17. The van der Waals surface area contributed by atoms with Crippen molar-refractivity contribution in [3.8, 4) is 5.75 Å². The van der Waals surface area contributed by atoms with Crippen LogP contribution in [0.3, 0.4) is 0 Å². The summed E-state index contributed by atoms with van der Waals surface area (Å²) >= 11 is 0. The molecule has 5 nitrogen and oxygen atoms in total. The number of hydrogen-bond acceptors (Lipinski definition) is 4. The van der Waals surface area contributed by atoms with E-state index in [2.05, 4.69) is 5.32 Å². The summed E-state index contributed by atoms with van der Waals surface area (Å²) in [6.45, 7) is 5.64. The third kappa shape index (κ3) is 4.59. The van der Waals surface area contributed by atoms with Crippen molar-refractivity contribution in [2.75, 3.05) is 12.4 Å². The summed E-state index contributed by atoms with van der Waals surface area (Å²) in [5.41, 5.74) is 2.78. The molecule has 2 rings (SSSR count). The van der Waals surface area contributed by atoms with Crippen LogP contribution < -0.4 is 10.1 Å². The van der Waals surface area contributed by atoms with Gasteiger partial charge in [0.15, 0.2) is 6.10 Å². The van der Waals surface area contributed by atoms with Crippen molar-refractivity contribution in [3.05, 3.63) is 59.2 Å². The fourth-order valence-electron chi connectivity index (χ4n) is 2.42. The van der Waals surface area contributed by atoms with Crippen molar-refractivity contribution in [1.82, 2.24) is 0 Å². The van der Waals surface area contributed by atoms with E-state index >= 15 is 0 Å². The standard InChI is InChI=1S/C20H23NO4/c1-5-18(25-15-11-9-13(2)10-12-15)19(22)21-17-8-6-7-16(14(17)3)20(23)24-4/h6-12,18H,5H2,1-4H3,(H,21,22)/t18-/m1/s1. The molecule has 0 heterocycles. The Morgan fingerprint density at radius 1 is 1.08 bits per heavy atom. The van der Waals surface area contributed by atoms with Gasteiger partial charge < -0.3 is 14.8 Å². The molecule has 0 fully saturated rings. The van der Waals surface area contributed by atoms with Gasteiger partial charge in [-0.1, -0.05) is 30.7 Å². The van der Waals surface area contributed by atoms with Crippen molar-refractivity contribution in [3.63, 3.8) is 0 Å². The van der Waals surface area contributed by atoms with E-state index in [1.807, 2.05) is 38.1 Å². The van der Waals surface area contributed by atoms with E-state index in [9.17, 15) is 9.59 Å². The molecule has 0 aliphatic heterocycles. The van der Waals surface area contributed by atoms with Crippen LogP contribution in [0.1, 0.15) is 34.8 Å². The van der Waals surface area contributed by atoms with Crippen LogP contribution in [-0.4, -0.2) is 25.1 Å². The Morgan fingerprint density at radius 3 is 2.36 bits per heavy atom. The Labute approximate surface area is 148 Å². The number of ether oxygens (including phenoxy) is 2. The molecule has 0 radical (unpaired) electrons. The highest BCUT2D eigenvalue weighted by Gasteiger charge is 2.20. The number of anilines is 1. The zero-order chi connectivity index (χ0) is 18.4. The minimum Gasteiger partial charge on any atom is -0.481 e. The zero-order valence-electron chi connectivity index (χ0n) is 15.0. The molecule has 132 valence electrons. The van der Waals surface area contributed by atoms with E-state index in [0.717, 1.165) is 5.56 Å². The first kappa shape index (κ1) is 18.5. The van der Waals surface area contributed by atoms with Crippen molar-refractivity contribution in [2.24, 2.45) is 0 Å². The molecule has 0 bridgehead atoms. The highest BCUT2D eigenvalue weighted by Crippen LogP contribution is 2.21. The Bertz CT molecular complexity index is 753. The molecule has 0 unspecified atom stereocenters. The fourth-order valence-corrected chi connectivity index (χ4v) is 2.42.